The van der Waals surface area contributed by atoms with Crippen molar-refractivity contribution in [3.63, 3.8) is 0 Å². The summed E-state index contributed by atoms with van der Waals surface area (Å²) < 4.78 is 2.73. The summed E-state index contributed by atoms with van der Waals surface area (Å²) in [5.74, 6) is 0. The van der Waals surface area contributed by atoms with E-state index in [0.717, 1.165) is 0 Å². The van der Waals surface area contributed by atoms with Crippen LogP contribution in [-0.2, 0) is 0 Å². The average Bonchev–Trinajstić information content (AvgIpc) is 2.85. The van der Waals surface area contributed by atoms with Crippen molar-refractivity contribution in [3.05, 3.63) is 72.3 Å². The third-order valence-electron chi connectivity index (χ3n) is 3.73. The van der Waals surface area contributed by atoms with E-state index in [9.17, 15) is 0 Å². The Balaban J connectivity index is 2.00. The Labute approximate surface area is 122 Å². The van der Waals surface area contributed by atoms with Crippen molar-refractivity contribution in [2.24, 2.45) is 0 Å². The van der Waals surface area contributed by atoms with Crippen LogP contribution in [-0.4, -0.2) is 0 Å². The first kappa shape index (κ1) is 11.7. The highest BCUT2D eigenvalue weighted by atomic mass is 32.1. The van der Waals surface area contributed by atoms with E-state index < -0.39 is 0 Å². The highest BCUT2D eigenvalue weighted by Gasteiger charge is 2.06. The van der Waals surface area contributed by atoms with Crippen molar-refractivity contribution in [2.75, 3.05) is 0 Å². The van der Waals surface area contributed by atoms with E-state index in [2.05, 4.69) is 73.7 Å². The quantitative estimate of drug-likeness (QED) is 0.397. The van der Waals surface area contributed by atoms with Crippen LogP contribution >= 0.6 is 11.3 Å². The molecule has 0 aliphatic rings. The van der Waals surface area contributed by atoms with Crippen LogP contribution in [0.15, 0.2) is 66.7 Å². The third kappa shape index (κ3) is 1.83. The lowest BCUT2D eigenvalue weighted by Crippen LogP contribution is -1.79. The second-order valence-corrected chi connectivity index (χ2v) is 6.26. The van der Waals surface area contributed by atoms with Gasteiger partial charge in [0.25, 0.3) is 0 Å². The molecular weight excluding hydrogens is 260 g/mol. The van der Waals surface area contributed by atoms with Crippen molar-refractivity contribution < 1.29 is 0 Å². The van der Waals surface area contributed by atoms with E-state index in [1.54, 1.807) is 0 Å². The van der Waals surface area contributed by atoms with Crippen molar-refractivity contribution >= 4 is 31.5 Å². The zero-order chi connectivity index (χ0) is 13.5. The second-order valence-electron chi connectivity index (χ2n) is 5.18. The number of hydrogen-bond donors (Lipinski definition) is 0. The van der Waals surface area contributed by atoms with E-state index in [-0.39, 0.29) is 0 Å². The van der Waals surface area contributed by atoms with Gasteiger partial charge in [-0.3, -0.25) is 0 Å². The Kier molecular flexibility index (Phi) is 2.61. The molecule has 0 fully saturated rings. The molecule has 0 saturated carbocycles. The standard InChI is InChI=1S/C19H14S/c1-13-5-4-6-14(11-13)15-9-10-19-17(12-15)16-7-2-3-8-18(16)20-19/h2-12H,1H3. The van der Waals surface area contributed by atoms with Gasteiger partial charge in [0.2, 0.25) is 0 Å². The van der Waals surface area contributed by atoms with Gasteiger partial charge in [0.15, 0.2) is 0 Å². The maximum Gasteiger partial charge on any atom is 0.0355 e. The van der Waals surface area contributed by atoms with E-state index >= 15 is 0 Å². The predicted octanol–water partition coefficient (Wildman–Crippen LogP) is 6.03. The molecule has 0 bridgehead atoms. The summed E-state index contributed by atoms with van der Waals surface area (Å²) in [6, 6.07) is 24.1. The maximum atomic E-state index is 2.32. The number of thiophene rings is 1. The summed E-state index contributed by atoms with van der Waals surface area (Å²) in [7, 11) is 0. The monoisotopic (exact) mass is 274 g/mol. The number of hydrogen-bond acceptors (Lipinski definition) is 1. The number of aryl methyl sites for hydroxylation is 1. The van der Waals surface area contributed by atoms with E-state index in [1.165, 1.54) is 36.9 Å². The second kappa shape index (κ2) is 4.46. The molecule has 0 nitrogen and oxygen atoms in total. The van der Waals surface area contributed by atoms with Gasteiger partial charge >= 0.3 is 0 Å². The van der Waals surface area contributed by atoms with Crippen LogP contribution in [0.1, 0.15) is 5.56 Å². The molecule has 0 saturated heterocycles. The average molecular weight is 274 g/mol. The summed E-state index contributed by atoms with van der Waals surface area (Å²) >= 11 is 1.87. The molecule has 96 valence electrons. The fraction of sp³-hybridized carbons (Fsp3) is 0.0526. The number of fused-ring (bicyclic) bond motifs is 3. The molecule has 0 aliphatic heterocycles. The third-order valence-corrected chi connectivity index (χ3v) is 4.88. The molecule has 1 heterocycles. The molecule has 4 aromatic rings. The van der Waals surface area contributed by atoms with Gasteiger partial charge in [0.1, 0.15) is 0 Å². The molecule has 0 atom stereocenters. The molecule has 0 aliphatic carbocycles. The summed E-state index contributed by atoms with van der Waals surface area (Å²) in [5, 5.41) is 2.73. The lowest BCUT2D eigenvalue weighted by Gasteiger charge is -2.03. The minimum absolute atomic E-state index is 1.29. The lowest BCUT2D eigenvalue weighted by molar-refractivity contribution is 1.47. The highest BCUT2D eigenvalue weighted by Crippen LogP contribution is 2.36. The van der Waals surface area contributed by atoms with Crippen LogP contribution in [0.25, 0.3) is 31.3 Å². The zero-order valence-corrected chi connectivity index (χ0v) is 12.1. The first-order valence-corrected chi connectivity index (χ1v) is 7.61. The summed E-state index contributed by atoms with van der Waals surface area (Å²) in [6.07, 6.45) is 0. The van der Waals surface area contributed by atoms with Crippen molar-refractivity contribution in [3.8, 4) is 11.1 Å². The molecule has 0 N–H and O–H groups in total. The summed E-state index contributed by atoms with van der Waals surface area (Å²) in [4.78, 5) is 0. The normalized spacial score (nSPS) is 11.2. The Morgan fingerprint density at radius 3 is 2.35 bits per heavy atom. The molecule has 0 unspecified atom stereocenters. The molecule has 0 amide bonds. The molecule has 0 radical (unpaired) electrons. The Hall–Kier alpha value is -2.12. The fourth-order valence-corrected chi connectivity index (χ4v) is 3.82. The molecule has 1 aromatic heterocycles. The first-order chi connectivity index (χ1) is 9.81. The van der Waals surface area contributed by atoms with Gasteiger partial charge in [0.05, 0.1) is 0 Å². The molecule has 20 heavy (non-hydrogen) atoms. The maximum absolute atomic E-state index is 2.32. The van der Waals surface area contributed by atoms with Gasteiger partial charge in [-0.05, 0) is 36.2 Å². The van der Waals surface area contributed by atoms with Crippen LogP contribution in [0.2, 0.25) is 0 Å². The highest BCUT2D eigenvalue weighted by molar-refractivity contribution is 7.25. The van der Waals surface area contributed by atoms with Crippen LogP contribution in [0.3, 0.4) is 0 Å². The van der Waals surface area contributed by atoms with Crippen LogP contribution < -0.4 is 0 Å². The van der Waals surface area contributed by atoms with E-state index in [4.69, 9.17) is 0 Å². The summed E-state index contributed by atoms with van der Waals surface area (Å²) in [6.45, 7) is 2.14. The minimum Gasteiger partial charge on any atom is -0.135 e. The molecule has 1 heteroatoms. The lowest BCUT2D eigenvalue weighted by atomic mass is 10.0. The fourth-order valence-electron chi connectivity index (χ4n) is 2.73. The van der Waals surface area contributed by atoms with E-state index in [1.807, 2.05) is 11.3 Å². The Bertz CT molecular complexity index is 915. The van der Waals surface area contributed by atoms with Crippen molar-refractivity contribution in [1.29, 1.82) is 0 Å². The van der Waals surface area contributed by atoms with E-state index in [0.29, 0.717) is 0 Å². The Morgan fingerprint density at radius 1 is 0.650 bits per heavy atom. The minimum atomic E-state index is 1.29. The van der Waals surface area contributed by atoms with Crippen molar-refractivity contribution in [2.45, 2.75) is 6.92 Å². The molecule has 3 aromatic carbocycles. The van der Waals surface area contributed by atoms with Crippen LogP contribution in [0, 0.1) is 6.92 Å². The van der Waals surface area contributed by atoms with Crippen molar-refractivity contribution in [1.82, 2.24) is 0 Å². The first-order valence-electron chi connectivity index (χ1n) is 6.79. The molecule has 4 rings (SSSR count). The van der Waals surface area contributed by atoms with Gasteiger partial charge in [0, 0.05) is 20.2 Å². The van der Waals surface area contributed by atoms with Gasteiger partial charge in [-0.2, -0.15) is 0 Å². The predicted molar refractivity (Wildman–Crippen MR) is 89.5 cm³/mol. The van der Waals surface area contributed by atoms with Gasteiger partial charge in [-0.15, -0.1) is 11.3 Å². The smallest absolute Gasteiger partial charge is 0.0355 e. The SMILES string of the molecule is Cc1cccc(-c2ccc3sc4ccccc4c3c2)c1. The number of benzene rings is 3. The van der Waals surface area contributed by atoms with Gasteiger partial charge in [-0.1, -0.05) is 54.1 Å². The van der Waals surface area contributed by atoms with Crippen LogP contribution in [0.5, 0.6) is 0 Å². The largest absolute Gasteiger partial charge is 0.135 e. The van der Waals surface area contributed by atoms with Gasteiger partial charge < -0.3 is 0 Å². The van der Waals surface area contributed by atoms with Gasteiger partial charge in [-0.25, -0.2) is 0 Å². The Morgan fingerprint density at radius 2 is 1.45 bits per heavy atom. The summed E-state index contributed by atoms with van der Waals surface area (Å²) in [5.41, 5.74) is 3.89. The molecule has 0 spiro atoms. The number of rotatable bonds is 1. The van der Waals surface area contributed by atoms with Crippen LogP contribution in [0.4, 0.5) is 0 Å². The topological polar surface area (TPSA) is 0 Å². The molecular formula is C19H14S. The zero-order valence-electron chi connectivity index (χ0n) is 11.3.